The molecule has 0 radical (unpaired) electrons. The van der Waals surface area contributed by atoms with Crippen molar-refractivity contribution < 1.29 is 0 Å². The van der Waals surface area contributed by atoms with Gasteiger partial charge in [0.25, 0.3) is 0 Å². The fourth-order valence-corrected chi connectivity index (χ4v) is 3.68. The monoisotopic (exact) mass is 383 g/mol. The Morgan fingerprint density at radius 3 is 1.62 bits per heavy atom. The summed E-state index contributed by atoms with van der Waals surface area (Å²) in [6, 6.07) is 18.0. The lowest BCUT2D eigenvalue weighted by Gasteiger charge is -2.25. The molecule has 0 fully saturated rings. The number of aryl methyl sites for hydroxylation is 2. The Morgan fingerprint density at radius 2 is 1.21 bits per heavy atom. The van der Waals surface area contributed by atoms with Crippen LogP contribution in [0.25, 0.3) is 0 Å². The normalized spacial score (nSPS) is 12.3. The molecular formula is C28H33N. The van der Waals surface area contributed by atoms with Crippen molar-refractivity contribution in [2.45, 2.75) is 65.2 Å². The topological polar surface area (TPSA) is 3.24 Å². The van der Waals surface area contributed by atoms with Crippen LogP contribution in [0.2, 0.25) is 0 Å². The van der Waals surface area contributed by atoms with E-state index in [1.54, 1.807) is 0 Å². The van der Waals surface area contributed by atoms with Crippen LogP contribution in [0.4, 0.5) is 11.4 Å². The molecule has 0 saturated heterocycles. The van der Waals surface area contributed by atoms with Gasteiger partial charge in [-0.2, -0.15) is 0 Å². The average Bonchev–Trinajstić information content (AvgIpc) is 2.77. The molecule has 1 aliphatic rings. The summed E-state index contributed by atoms with van der Waals surface area (Å²) in [4.78, 5) is 2.27. The fraction of sp³-hybridized carbons (Fsp3) is 0.357. The maximum absolute atomic E-state index is 3.28. The third-order valence-electron chi connectivity index (χ3n) is 5.40. The van der Waals surface area contributed by atoms with Crippen LogP contribution in [0.1, 0.15) is 63.5 Å². The van der Waals surface area contributed by atoms with Crippen LogP contribution in [-0.2, 0) is 12.8 Å². The van der Waals surface area contributed by atoms with E-state index < -0.39 is 0 Å². The molecule has 0 unspecified atom stereocenters. The molecule has 1 heteroatoms. The van der Waals surface area contributed by atoms with Gasteiger partial charge in [-0.1, -0.05) is 75.6 Å². The zero-order valence-corrected chi connectivity index (χ0v) is 18.0. The van der Waals surface area contributed by atoms with Crippen LogP contribution in [0.15, 0.2) is 83.9 Å². The number of hydrogen-bond acceptors (Lipinski definition) is 1. The molecule has 0 bridgehead atoms. The summed E-state index contributed by atoms with van der Waals surface area (Å²) in [6.07, 6.45) is 16.0. The molecule has 0 aromatic heterocycles. The zero-order chi connectivity index (χ0) is 20.3. The van der Waals surface area contributed by atoms with E-state index in [1.165, 1.54) is 61.0 Å². The molecular weight excluding hydrogens is 350 g/mol. The van der Waals surface area contributed by atoms with Crippen LogP contribution >= 0.6 is 0 Å². The molecule has 0 spiro atoms. The minimum Gasteiger partial charge on any atom is -0.303 e. The van der Waals surface area contributed by atoms with Crippen molar-refractivity contribution in [2.24, 2.45) is 0 Å². The minimum absolute atomic E-state index is 1.02. The Hall–Kier alpha value is -2.72. The van der Waals surface area contributed by atoms with Gasteiger partial charge in [0, 0.05) is 11.4 Å². The van der Waals surface area contributed by atoms with E-state index in [9.17, 15) is 0 Å². The number of benzene rings is 2. The molecule has 1 nitrogen and oxygen atoms in total. The maximum atomic E-state index is 3.28. The summed E-state index contributed by atoms with van der Waals surface area (Å²) in [5.74, 6) is 0. The first-order valence-electron chi connectivity index (χ1n) is 11.2. The van der Waals surface area contributed by atoms with Gasteiger partial charge >= 0.3 is 0 Å². The Bertz CT molecular complexity index is 833. The summed E-state index contributed by atoms with van der Waals surface area (Å²) >= 11 is 0. The molecule has 0 amide bonds. The van der Waals surface area contributed by atoms with Gasteiger partial charge in [0.1, 0.15) is 0 Å². The molecule has 0 aliphatic heterocycles. The van der Waals surface area contributed by atoms with Gasteiger partial charge in [-0.3, -0.25) is 0 Å². The van der Waals surface area contributed by atoms with Crippen molar-refractivity contribution in [1.82, 2.24) is 0 Å². The van der Waals surface area contributed by atoms with E-state index in [4.69, 9.17) is 0 Å². The predicted octanol–water partition coefficient (Wildman–Crippen LogP) is 8.05. The molecule has 1 aliphatic carbocycles. The van der Waals surface area contributed by atoms with Gasteiger partial charge < -0.3 is 4.90 Å². The number of rotatable bonds is 11. The Labute approximate surface area is 176 Å². The van der Waals surface area contributed by atoms with E-state index in [0.29, 0.717) is 0 Å². The highest BCUT2D eigenvalue weighted by Crippen LogP contribution is 2.31. The van der Waals surface area contributed by atoms with E-state index in [2.05, 4.69) is 84.8 Å². The smallest absolute Gasteiger partial charge is 0.0973 e. The van der Waals surface area contributed by atoms with Crippen molar-refractivity contribution >= 4 is 11.4 Å². The maximum Gasteiger partial charge on any atom is 0.0973 e. The SMILES string of the molecule is CCCCCc1ccc(N(C2=C=C=CC=C2)c2ccc(CCCCC)cc2)cc1. The molecule has 0 saturated carbocycles. The highest BCUT2D eigenvalue weighted by atomic mass is 15.1. The second kappa shape index (κ2) is 11.3. The standard InChI is InChI=1S/C28H33N/c1-3-5-8-12-24-16-20-27(21-17-24)29(26-14-10-7-11-15-26)28-22-18-25(19-23-28)13-9-6-4-2/h7,10,14,16-23H,3-6,8-9,12-13H2,1-2H3. The Balaban J connectivity index is 1.83. The number of hydrogen-bond donors (Lipinski definition) is 0. The van der Waals surface area contributed by atoms with Crippen molar-refractivity contribution in [2.75, 3.05) is 4.90 Å². The molecule has 3 rings (SSSR count). The predicted molar refractivity (Wildman–Crippen MR) is 126 cm³/mol. The molecule has 2 aromatic rings. The lowest BCUT2D eigenvalue weighted by atomic mass is 10.0. The van der Waals surface area contributed by atoms with Crippen molar-refractivity contribution in [3.63, 3.8) is 0 Å². The van der Waals surface area contributed by atoms with Gasteiger partial charge in [-0.25, -0.2) is 0 Å². The van der Waals surface area contributed by atoms with Crippen LogP contribution in [0.5, 0.6) is 0 Å². The minimum atomic E-state index is 1.02. The number of allylic oxidation sites excluding steroid dienone is 3. The molecule has 0 heterocycles. The largest absolute Gasteiger partial charge is 0.303 e. The van der Waals surface area contributed by atoms with Crippen molar-refractivity contribution in [3.05, 3.63) is 95.0 Å². The summed E-state index contributed by atoms with van der Waals surface area (Å²) in [6.45, 7) is 4.51. The number of unbranched alkanes of at least 4 members (excludes halogenated alkanes) is 4. The molecule has 0 N–H and O–H groups in total. The van der Waals surface area contributed by atoms with Gasteiger partial charge in [0.15, 0.2) is 0 Å². The first kappa shape index (κ1) is 21.0. The lowest BCUT2D eigenvalue weighted by Crippen LogP contribution is -2.15. The van der Waals surface area contributed by atoms with Gasteiger partial charge in [0.05, 0.1) is 5.70 Å². The van der Waals surface area contributed by atoms with Crippen LogP contribution in [-0.4, -0.2) is 0 Å². The summed E-state index contributed by atoms with van der Waals surface area (Å²) in [5.41, 5.74) is 12.6. The molecule has 2 aromatic carbocycles. The van der Waals surface area contributed by atoms with Gasteiger partial charge in [0.2, 0.25) is 0 Å². The van der Waals surface area contributed by atoms with Crippen LogP contribution < -0.4 is 4.90 Å². The van der Waals surface area contributed by atoms with E-state index in [1.807, 2.05) is 12.2 Å². The third kappa shape index (κ3) is 6.13. The van der Waals surface area contributed by atoms with E-state index >= 15 is 0 Å². The van der Waals surface area contributed by atoms with Crippen LogP contribution in [0, 0.1) is 0 Å². The first-order chi connectivity index (χ1) is 14.3. The van der Waals surface area contributed by atoms with Gasteiger partial charge in [-0.05, 0) is 79.0 Å². The highest BCUT2D eigenvalue weighted by molar-refractivity contribution is 5.70. The summed E-state index contributed by atoms with van der Waals surface area (Å²) in [7, 11) is 0. The molecule has 29 heavy (non-hydrogen) atoms. The van der Waals surface area contributed by atoms with Crippen molar-refractivity contribution in [1.29, 1.82) is 0 Å². The summed E-state index contributed by atoms with van der Waals surface area (Å²) < 4.78 is 0. The van der Waals surface area contributed by atoms with Crippen molar-refractivity contribution in [3.8, 4) is 0 Å². The molecule has 0 atom stereocenters. The first-order valence-corrected chi connectivity index (χ1v) is 11.2. The summed E-state index contributed by atoms with van der Waals surface area (Å²) in [5, 5.41) is 0. The average molecular weight is 384 g/mol. The number of anilines is 2. The number of nitrogens with zero attached hydrogens (tertiary/aromatic N) is 1. The lowest BCUT2D eigenvalue weighted by molar-refractivity contribution is 0.717. The highest BCUT2D eigenvalue weighted by Gasteiger charge is 2.13. The Kier molecular flexibility index (Phi) is 8.20. The molecule has 150 valence electrons. The third-order valence-corrected chi connectivity index (χ3v) is 5.40. The van der Waals surface area contributed by atoms with Crippen LogP contribution in [0.3, 0.4) is 0 Å². The quantitative estimate of drug-likeness (QED) is 0.280. The van der Waals surface area contributed by atoms with E-state index in [-0.39, 0.29) is 0 Å². The van der Waals surface area contributed by atoms with Gasteiger partial charge in [-0.15, -0.1) is 0 Å². The van der Waals surface area contributed by atoms with E-state index in [0.717, 1.165) is 18.5 Å². The Morgan fingerprint density at radius 1 is 0.690 bits per heavy atom. The second-order valence-corrected chi connectivity index (χ2v) is 7.76. The zero-order valence-electron chi connectivity index (χ0n) is 18.0. The fourth-order valence-electron chi connectivity index (χ4n) is 3.68. The second-order valence-electron chi connectivity index (χ2n) is 7.76.